The SMILES string of the molecule is Cc1ccc(S(=O)(=O)C=C2CC(CO)C2(C)C)cc1. The lowest BCUT2D eigenvalue weighted by Crippen LogP contribution is -2.40. The van der Waals surface area contributed by atoms with Gasteiger partial charge in [-0.05, 0) is 36.8 Å². The van der Waals surface area contributed by atoms with E-state index in [1.807, 2.05) is 20.8 Å². The van der Waals surface area contributed by atoms with Gasteiger partial charge in [-0.1, -0.05) is 37.1 Å². The molecule has 1 aliphatic carbocycles. The minimum Gasteiger partial charge on any atom is -0.396 e. The van der Waals surface area contributed by atoms with Crippen molar-refractivity contribution in [1.29, 1.82) is 0 Å². The smallest absolute Gasteiger partial charge is 0.199 e. The summed E-state index contributed by atoms with van der Waals surface area (Å²) in [5.74, 6) is 0.159. The van der Waals surface area contributed by atoms with Crippen molar-refractivity contribution >= 4 is 9.84 Å². The molecule has 0 bridgehead atoms. The third-order valence-corrected chi connectivity index (χ3v) is 5.71. The van der Waals surface area contributed by atoms with Crippen LogP contribution in [0.3, 0.4) is 0 Å². The van der Waals surface area contributed by atoms with Crippen LogP contribution < -0.4 is 0 Å². The number of sulfone groups is 1. The number of aliphatic hydroxyl groups is 1. The number of hydrogen-bond donors (Lipinski definition) is 1. The molecule has 3 nitrogen and oxygen atoms in total. The highest BCUT2D eigenvalue weighted by Gasteiger charge is 2.43. The normalized spacial score (nSPS) is 24.2. The Morgan fingerprint density at radius 3 is 2.37 bits per heavy atom. The molecule has 0 spiro atoms. The van der Waals surface area contributed by atoms with Gasteiger partial charge in [0.15, 0.2) is 9.84 Å². The first kappa shape index (κ1) is 14.3. The van der Waals surface area contributed by atoms with Crippen LogP contribution in [0.1, 0.15) is 25.8 Å². The van der Waals surface area contributed by atoms with Gasteiger partial charge in [-0.2, -0.15) is 0 Å². The Morgan fingerprint density at radius 2 is 1.89 bits per heavy atom. The molecular formula is C15H20O3S. The minimum atomic E-state index is -3.38. The predicted molar refractivity (Wildman–Crippen MR) is 75.4 cm³/mol. The Labute approximate surface area is 114 Å². The van der Waals surface area contributed by atoms with Crippen LogP contribution in [0.5, 0.6) is 0 Å². The first-order valence-electron chi connectivity index (χ1n) is 6.41. The number of benzene rings is 1. The molecule has 19 heavy (non-hydrogen) atoms. The maximum Gasteiger partial charge on any atom is 0.199 e. The number of aliphatic hydroxyl groups excluding tert-OH is 1. The molecule has 4 heteroatoms. The Morgan fingerprint density at radius 1 is 1.32 bits per heavy atom. The van der Waals surface area contributed by atoms with Gasteiger partial charge in [0.1, 0.15) is 0 Å². The lowest BCUT2D eigenvalue weighted by molar-refractivity contribution is 0.0852. The summed E-state index contributed by atoms with van der Waals surface area (Å²) in [5.41, 5.74) is 1.70. The van der Waals surface area contributed by atoms with Crippen LogP contribution in [0.15, 0.2) is 40.1 Å². The highest BCUT2D eigenvalue weighted by atomic mass is 32.2. The number of hydrogen-bond acceptors (Lipinski definition) is 3. The molecule has 1 atom stereocenters. The van der Waals surface area contributed by atoms with Crippen molar-refractivity contribution < 1.29 is 13.5 Å². The lowest BCUT2D eigenvalue weighted by atomic mass is 9.59. The van der Waals surface area contributed by atoms with E-state index in [0.717, 1.165) is 11.1 Å². The van der Waals surface area contributed by atoms with Crippen LogP contribution >= 0.6 is 0 Å². The average Bonchev–Trinajstić information content (AvgIpc) is 2.34. The zero-order valence-electron chi connectivity index (χ0n) is 11.6. The molecule has 1 fully saturated rings. The fourth-order valence-electron chi connectivity index (χ4n) is 2.39. The van der Waals surface area contributed by atoms with Gasteiger partial charge in [-0.3, -0.25) is 0 Å². The fraction of sp³-hybridized carbons (Fsp3) is 0.467. The summed E-state index contributed by atoms with van der Waals surface area (Å²) in [7, 11) is -3.38. The largest absolute Gasteiger partial charge is 0.396 e. The van der Waals surface area contributed by atoms with Gasteiger partial charge in [0.25, 0.3) is 0 Å². The van der Waals surface area contributed by atoms with E-state index < -0.39 is 9.84 Å². The molecule has 0 radical (unpaired) electrons. The van der Waals surface area contributed by atoms with Crippen molar-refractivity contribution in [2.45, 2.75) is 32.1 Å². The van der Waals surface area contributed by atoms with Crippen molar-refractivity contribution in [3.63, 3.8) is 0 Å². The highest BCUT2D eigenvalue weighted by Crippen LogP contribution is 2.51. The molecular weight excluding hydrogens is 260 g/mol. The van der Waals surface area contributed by atoms with Gasteiger partial charge < -0.3 is 5.11 Å². The maximum atomic E-state index is 12.3. The lowest BCUT2D eigenvalue weighted by Gasteiger charge is -2.46. The van der Waals surface area contributed by atoms with Crippen LogP contribution in [-0.4, -0.2) is 20.1 Å². The second-order valence-electron chi connectivity index (χ2n) is 5.81. The second-order valence-corrected chi connectivity index (χ2v) is 7.60. The van der Waals surface area contributed by atoms with Crippen molar-refractivity contribution in [3.8, 4) is 0 Å². The minimum absolute atomic E-state index is 0.106. The Kier molecular flexibility index (Phi) is 3.58. The van der Waals surface area contributed by atoms with Crippen LogP contribution in [0.25, 0.3) is 0 Å². The molecule has 0 heterocycles. The molecule has 2 rings (SSSR count). The molecule has 1 aromatic rings. The molecule has 0 aromatic heterocycles. The summed E-state index contributed by atoms with van der Waals surface area (Å²) in [6.07, 6.45) is 0.661. The van der Waals surface area contributed by atoms with Crippen molar-refractivity contribution in [3.05, 3.63) is 40.8 Å². The van der Waals surface area contributed by atoms with E-state index in [4.69, 9.17) is 0 Å². The van der Waals surface area contributed by atoms with Gasteiger partial charge in [-0.15, -0.1) is 0 Å². The molecule has 1 N–H and O–H groups in total. The summed E-state index contributed by atoms with van der Waals surface area (Å²) >= 11 is 0. The molecule has 0 aliphatic heterocycles. The zero-order chi connectivity index (χ0) is 14.3. The number of rotatable bonds is 3. The number of allylic oxidation sites excluding steroid dienone is 1. The van der Waals surface area contributed by atoms with E-state index in [2.05, 4.69) is 0 Å². The molecule has 0 saturated heterocycles. The summed E-state index contributed by atoms with van der Waals surface area (Å²) < 4.78 is 24.6. The van der Waals surface area contributed by atoms with E-state index in [-0.39, 0.29) is 17.9 Å². The van der Waals surface area contributed by atoms with Gasteiger partial charge in [0.2, 0.25) is 0 Å². The third-order valence-electron chi connectivity index (χ3n) is 4.18. The van der Waals surface area contributed by atoms with E-state index >= 15 is 0 Å². The first-order chi connectivity index (χ1) is 8.77. The maximum absolute atomic E-state index is 12.3. The van der Waals surface area contributed by atoms with Crippen molar-refractivity contribution in [2.24, 2.45) is 11.3 Å². The molecule has 1 aliphatic rings. The van der Waals surface area contributed by atoms with Gasteiger partial charge in [0.05, 0.1) is 4.90 Å². The second kappa shape index (κ2) is 4.76. The standard InChI is InChI=1S/C15H20O3S/c1-11-4-6-14(7-5-11)19(17,18)10-13-8-12(9-16)15(13,2)3/h4-7,10,12,16H,8-9H2,1-3H3. The van der Waals surface area contributed by atoms with Gasteiger partial charge in [-0.25, -0.2) is 8.42 Å². The zero-order valence-corrected chi connectivity index (χ0v) is 12.4. The summed E-state index contributed by atoms with van der Waals surface area (Å²) in [5, 5.41) is 10.6. The summed E-state index contributed by atoms with van der Waals surface area (Å²) in [6, 6.07) is 6.87. The van der Waals surface area contributed by atoms with Crippen molar-refractivity contribution in [2.75, 3.05) is 6.61 Å². The Balaban J connectivity index is 2.31. The molecule has 104 valence electrons. The topological polar surface area (TPSA) is 54.4 Å². The van der Waals surface area contributed by atoms with Crippen LogP contribution in [-0.2, 0) is 9.84 Å². The van der Waals surface area contributed by atoms with E-state index in [9.17, 15) is 13.5 Å². The quantitative estimate of drug-likeness (QED) is 0.926. The van der Waals surface area contributed by atoms with Crippen LogP contribution in [0.2, 0.25) is 0 Å². The van der Waals surface area contributed by atoms with E-state index in [0.29, 0.717) is 11.3 Å². The Bertz CT molecular complexity index is 595. The van der Waals surface area contributed by atoms with Crippen LogP contribution in [0, 0.1) is 18.3 Å². The predicted octanol–water partition coefficient (Wildman–Crippen LogP) is 2.69. The van der Waals surface area contributed by atoms with E-state index in [1.165, 1.54) is 5.41 Å². The van der Waals surface area contributed by atoms with Crippen LogP contribution in [0.4, 0.5) is 0 Å². The van der Waals surface area contributed by atoms with Gasteiger partial charge >= 0.3 is 0 Å². The first-order valence-corrected chi connectivity index (χ1v) is 7.95. The monoisotopic (exact) mass is 280 g/mol. The summed E-state index contributed by atoms with van der Waals surface area (Å²) in [4.78, 5) is 0.328. The van der Waals surface area contributed by atoms with Gasteiger partial charge in [0, 0.05) is 12.0 Å². The molecule has 0 amide bonds. The fourth-order valence-corrected chi connectivity index (χ4v) is 3.82. The molecule has 1 saturated carbocycles. The average molecular weight is 280 g/mol. The molecule has 1 aromatic carbocycles. The Hall–Kier alpha value is -1.13. The third kappa shape index (κ3) is 2.60. The molecule has 1 unspecified atom stereocenters. The number of aryl methyl sites for hydroxylation is 1. The summed E-state index contributed by atoms with van der Waals surface area (Å²) in [6.45, 7) is 5.99. The van der Waals surface area contributed by atoms with Crippen molar-refractivity contribution in [1.82, 2.24) is 0 Å². The van der Waals surface area contributed by atoms with E-state index in [1.54, 1.807) is 24.3 Å². The highest BCUT2D eigenvalue weighted by molar-refractivity contribution is 7.94.